The molecule has 2 N–H and O–H groups in total. The van der Waals surface area contributed by atoms with Crippen molar-refractivity contribution in [3.05, 3.63) is 29.8 Å². The second kappa shape index (κ2) is 5.29. The van der Waals surface area contributed by atoms with Gasteiger partial charge in [0.15, 0.2) is 0 Å². The molecule has 0 aromatic heterocycles. The maximum absolute atomic E-state index is 5.75. The van der Waals surface area contributed by atoms with E-state index in [2.05, 4.69) is 29.2 Å². The number of hydrogen-bond acceptors (Lipinski definition) is 3. The first kappa shape index (κ1) is 12.0. The zero-order chi connectivity index (χ0) is 12.4. The van der Waals surface area contributed by atoms with Gasteiger partial charge in [-0.1, -0.05) is 18.2 Å². The molecule has 98 valence electrons. The van der Waals surface area contributed by atoms with Crippen LogP contribution in [0.1, 0.15) is 30.7 Å². The number of para-hydroxylation sites is 1. The Kier molecular flexibility index (Phi) is 3.52. The molecule has 3 rings (SSSR count). The van der Waals surface area contributed by atoms with Crippen molar-refractivity contribution < 1.29 is 4.74 Å². The van der Waals surface area contributed by atoms with Crippen molar-refractivity contribution in [1.29, 1.82) is 0 Å². The van der Waals surface area contributed by atoms with Crippen molar-refractivity contribution in [2.24, 2.45) is 5.73 Å². The maximum atomic E-state index is 5.75. The summed E-state index contributed by atoms with van der Waals surface area (Å²) in [5, 5.41) is 0. The highest BCUT2D eigenvalue weighted by molar-refractivity contribution is 5.61. The molecule has 2 unspecified atom stereocenters. The molecular weight excluding hydrogens is 224 g/mol. The van der Waals surface area contributed by atoms with E-state index in [-0.39, 0.29) is 0 Å². The molecule has 2 aliphatic rings. The van der Waals surface area contributed by atoms with Crippen LogP contribution < -0.4 is 10.6 Å². The number of hydrogen-bond donors (Lipinski definition) is 1. The number of fused-ring (bicyclic) bond motifs is 1. The molecule has 3 heteroatoms. The topological polar surface area (TPSA) is 38.5 Å². The molecule has 1 fully saturated rings. The first-order valence-electron chi connectivity index (χ1n) is 7.03. The number of anilines is 1. The van der Waals surface area contributed by atoms with Gasteiger partial charge in [-0.05, 0) is 37.4 Å². The van der Waals surface area contributed by atoms with E-state index in [1.165, 1.54) is 24.1 Å². The molecule has 0 radical (unpaired) electrons. The van der Waals surface area contributed by atoms with E-state index in [4.69, 9.17) is 10.5 Å². The smallest absolute Gasteiger partial charge is 0.0669 e. The van der Waals surface area contributed by atoms with Crippen LogP contribution in [0.15, 0.2) is 24.3 Å². The third kappa shape index (κ3) is 2.13. The van der Waals surface area contributed by atoms with E-state index in [1.807, 2.05) is 0 Å². The van der Waals surface area contributed by atoms with Crippen molar-refractivity contribution in [3.8, 4) is 0 Å². The highest BCUT2D eigenvalue weighted by Gasteiger charge is 2.32. The van der Waals surface area contributed by atoms with E-state index in [0.29, 0.717) is 12.0 Å². The quantitative estimate of drug-likeness (QED) is 0.888. The average molecular weight is 246 g/mol. The van der Waals surface area contributed by atoms with Gasteiger partial charge in [0.05, 0.1) is 12.6 Å². The van der Waals surface area contributed by atoms with Crippen LogP contribution in [-0.2, 0) is 4.74 Å². The lowest BCUT2D eigenvalue weighted by molar-refractivity contribution is 0.0795. The Balaban J connectivity index is 1.84. The van der Waals surface area contributed by atoms with Gasteiger partial charge in [0, 0.05) is 24.8 Å². The van der Waals surface area contributed by atoms with Gasteiger partial charge in [0.25, 0.3) is 0 Å². The normalized spacial score (nSPS) is 27.3. The van der Waals surface area contributed by atoms with Crippen molar-refractivity contribution in [3.63, 3.8) is 0 Å². The number of nitrogens with zero attached hydrogens (tertiary/aromatic N) is 1. The molecule has 2 aliphatic heterocycles. The summed E-state index contributed by atoms with van der Waals surface area (Å²) in [6.45, 7) is 3.69. The Labute approximate surface area is 109 Å². The van der Waals surface area contributed by atoms with Crippen LogP contribution in [0, 0.1) is 0 Å². The summed E-state index contributed by atoms with van der Waals surface area (Å²) in [7, 11) is 0. The SMILES string of the molecule is NCCC1CN(C2CCCOC2)c2ccccc21. The molecule has 0 spiro atoms. The molecular formula is C15H22N2O. The van der Waals surface area contributed by atoms with Crippen molar-refractivity contribution >= 4 is 5.69 Å². The summed E-state index contributed by atoms with van der Waals surface area (Å²) in [5.41, 5.74) is 8.64. The molecule has 1 aromatic carbocycles. The van der Waals surface area contributed by atoms with E-state index in [1.54, 1.807) is 0 Å². The number of nitrogens with two attached hydrogens (primary N) is 1. The average Bonchev–Trinajstić information content (AvgIpc) is 2.80. The van der Waals surface area contributed by atoms with Crippen molar-refractivity contribution in [1.82, 2.24) is 0 Å². The Bertz CT molecular complexity index is 401. The first-order valence-corrected chi connectivity index (χ1v) is 7.03. The third-order valence-electron chi connectivity index (χ3n) is 4.20. The van der Waals surface area contributed by atoms with Crippen LogP contribution in [0.2, 0.25) is 0 Å². The molecule has 2 atom stereocenters. The molecule has 1 saturated heterocycles. The maximum Gasteiger partial charge on any atom is 0.0669 e. The molecule has 2 heterocycles. The minimum atomic E-state index is 0.558. The first-order chi connectivity index (χ1) is 8.90. The van der Waals surface area contributed by atoms with Gasteiger partial charge in [-0.3, -0.25) is 0 Å². The molecule has 18 heavy (non-hydrogen) atoms. The minimum Gasteiger partial charge on any atom is -0.379 e. The number of ether oxygens (including phenoxy) is 1. The van der Waals surface area contributed by atoms with Crippen LogP contribution in [0.25, 0.3) is 0 Å². The summed E-state index contributed by atoms with van der Waals surface area (Å²) in [6.07, 6.45) is 3.52. The van der Waals surface area contributed by atoms with Gasteiger partial charge < -0.3 is 15.4 Å². The van der Waals surface area contributed by atoms with E-state index in [9.17, 15) is 0 Å². The van der Waals surface area contributed by atoms with E-state index in [0.717, 1.165) is 32.7 Å². The number of rotatable bonds is 3. The molecule has 0 amide bonds. The summed E-state index contributed by atoms with van der Waals surface area (Å²) < 4.78 is 5.64. The fourth-order valence-electron chi connectivity index (χ4n) is 3.29. The molecule has 0 saturated carbocycles. The molecule has 3 nitrogen and oxygen atoms in total. The van der Waals surface area contributed by atoms with Crippen LogP contribution in [-0.4, -0.2) is 32.3 Å². The second-order valence-corrected chi connectivity index (χ2v) is 5.36. The predicted octanol–water partition coefficient (Wildman–Crippen LogP) is 2.12. The van der Waals surface area contributed by atoms with Crippen LogP contribution in [0.3, 0.4) is 0 Å². The van der Waals surface area contributed by atoms with Crippen molar-refractivity contribution in [2.75, 3.05) is 31.2 Å². The fraction of sp³-hybridized carbons (Fsp3) is 0.600. The Morgan fingerprint density at radius 2 is 2.22 bits per heavy atom. The van der Waals surface area contributed by atoms with Gasteiger partial charge >= 0.3 is 0 Å². The largest absolute Gasteiger partial charge is 0.379 e. The zero-order valence-electron chi connectivity index (χ0n) is 10.8. The summed E-state index contributed by atoms with van der Waals surface area (Å²) >= 11 is 0. The summed E-state index contributed by atoms with van der Waals surface area (Å²) in [6, 6.07) is 9.35. The fourth-order valence-corrected chi connectivity index (χ4v) is 3.29. The predicted molar refractivity (Wildman–Crippen MR) is 74.0 cm³/mol. The van der Waals surface area contributed by atoms with Gasteiger partial charge in [-0.2, -0.15) is 0 Å². The van der Waals surface area contributed by atoms with Crippen molar-refractivity contribution in [2.45, 2.75) is 31.2 Å². The van der Waals surface area contributed by atoms with Gasteiger partial charge in [-0.25, -0.2) is 0 Å². The lowest BCUT2D eigenvalue weighted by atomic mass is 9.98. The molecule has 1 aromatic rings. The van der Waals surface area contributed by atoms with Crippen LogP contribution in [0.5, 0.6) is 0 Å². The lowest BCUT2D eigenvalue weighted by Crippen LogP contribution is -2.40. The van der Waals surface area contributed by atoms with Crippen LogP contribution in [0.4, 0.5) is 5.69 Å². The third-order valence-corrected chi connectivity index (χ3v) is 4.20. The summed E-state index contributed by atoms with van der Waals surface area (Å²) in [5.74, 6) is 0.605. The number of benzene rings is 1. The zero-order valence-corrected chi connectivity index (χ0v) is 10.8. The van der Waals surface area contributed by atoms with Gasteiger partial charge in [0.1, 0.15) is 0 Å². The Morgan fingerprint density at radius 3 is 3.00 bits per heavy atom. The lowest BCUT2D eigenvalue weighted by Gasteiger charge is -2.33. The van der Waals surface area contributed by atoms with Crippen LogP contribution >= 0.6 is 0 Å². The van der Waals surface area contributed by atoms with Gasteiger partial charge in [0.2, 0.25) is 0 Å². The standard InChI is InChI=1S/C15H22N2O/c16-8-7-12-10-17(13-4-3-9-18-11-13)15-6-2-1-5-14(12)15/h1-2,5-6,12-13H,3-4,7-11,16H2. The molecule has 0 bridgehead atoms. The monoisotopic (exact) mass is 246 g/mol. The Hall–Kier alpha value is -1.06. The minimum absolute atomic E-state index is 0.558. The van der Waals surface area contributed by atoms with E-state index < -0.39 is 0 Å². The summed E-state index contributed by atoms with van der Waals surface area (Å²) in [4.78, 5) is 2.55. The highest BCUT2D eigenvalue weighted by Crippen LogP contribution is 2.39. The van der Waals surface area contributed by atoms with E-state index >= 15 is 0 Å². The Morgan fingerprint density at radius 1 is 1.33 bits per heavy atom. The van der Waals surface area contributed by atoms with Gasteiger partial charge in [-0.15, -0.1) is 0 Å². The highest BCUT2D eigenvalue weighted by atomic mass is 16.5. The second-order valence-electron chi connectivity index (χ2n) is 5.36. The molecule has 0 aliphatic carbocycles.